The molecule has 22 heavy (non-hydrogen) atoms. The number of carbonyl (C=O) groups is 1. The second kappa shape index (κ2) is 6.67. The Morgan fingerprint density at radius 1 is 1.32 bits per heavy atom. The van der Waals surface area contributed by atoms with Crippen LogP contribution in [0.1, 0.15) is 30.9 Å². The zero-order valence-electron chi connectivity index (χ0n) is 13.1. The summed E-state index contributed by atoms with van der Waals surface area (Å²) >= 11 is 0. The van der Waals surface area contributed by atoms with E-state index < -0.39 is 6.10 Å². The Hall–Kier alpha value is -1.59. The summed E-state index contributed by atoms with van der Waals surface area (Å²) in [7, 11) is 1.58. The summed E-state index contributed by atoms with van der Waals surface area (Å²) in [6, 6.07) is 7.54. The molecular weight excluding hydrogens is 280 g/mol. The van der Waals surface area contributed by atoms with Gasteiger partial charge in [0.15, 0.2) is 6.10 Å². The third kappa shape index (κ3) is 3.10. The van der Waals surface area contributed by atoms with Gasteiger partial charge in [-0.3, -0.25) is 9.69 Å². The molecule has 3 rings (SSSR count). The molecule has 2 aliphatic rings. The van der Waals surface area contributed by atoms with Gasteiger partial charge < -0.3 is 14.7 Å². The van der Waals surface area contributed by atoms with Crippen molar-refractivity contribution < 1.29 is 14.6 Å². The maximum atomic E-state index is 12.5. The number of ether oxygens (including phenoxy) is 1. The fraction of sp³-hybridized carbons (Fsp3) is 0.588. The Morgan fingerprint density at radius 3 is 2.82 bits per heavy atom. The molecule has 0 saturated carbocycles. The first-order valence-corrected chi connectivity index (χ1v) is 8.04. The lowest BCUT2D eigenvalue weighted by molar-refractivity contribution is -0.139. The second-order valence-electron chi connectivity index (χ2n) is 6.15. The van der Waals surface area contributed by atoms with Gasteiger partial charge in [0.05, 0.1) is 7.11 Å². The van der Waals surface area contributed by atoms with Gasteiger partial charge in [-0.25, -0.2) is 0 Å². The van der Waals surface area contributed by atoms with Crippen molar-refractivity contribution in [3.8, 4) is 5.75 Å². The minimum Gasteiger partial charge on any atom is -0.497 e. The van der Waals surface area contributed by atoms with Gasteiger partial charge in [-0.2, -0.15) is 0 Å². The number of hydrogen-bond donors (Lipinski definition) is 1. The van der Waals surface area contributed by atoms with E-state index in [0.717, 1.165) is 32.6 Å². The van der Waals surface area contributed by atoms with Crippen molar-refractivity contribution in [3.05, 3.63) is 29.8 Å². The molecule has 1 aromatic rings. The van der Waals surface area contributed by atoms with Crippen molar-refractivity contribution in [2.45, 2.75) is 31.4 Å². The maximum Gasteiger partial charge on any atom is 0.256 e. The van der Waals surface area contributed by atoms with Crippen molar-refractivity contribution in [2.24, 2.45) is 0 Å². The fourth-order valence-electron chi connectivity index (χ4n) is 3.47. The van der Waals surface area contributed by atoms with Gasteiger partial charge in [-0.15, -0.1) is 0 Å². The number of aliphatic hydroxyl groups is 1. The van der Waals surface area contributed by atoms with E-state index in [2.05, 4.69) is 4.90 Å². The fourth-order valence-corrected chi connectivity index (χ4v) is 3.47. The quantitative estimate of drug-likeness (QED) is 0.914. The van der Waals surface area contributed by atoms with Crippen molar-refractivity contribution in [3.63, 3.8) is 0 Å². The monoisotopic (exact) mass is 304 g/mol. The molecule has 2 aliphatic heterocycles. The normalized spacial score (nSPS) is 23.7. The number of nitrogens with zero attached hydrogens (tertiary/aromatic N) is 2. The molecule has 2 heterocycles. The first-order chi connectivity index (χ1) is 10.7. The van der Waals surface area contributed by atoms with E-state index in [-0.39, 0.29) is 5.91 Å². The van der Waals surface area contributed by atoms with Gasteiger partial charge in [-0.1, -0.05) is 12.1 Å². The van der Waals surface area contributed by atoms with E-state index in [0.29, 0.717) is 17.4 Å². The first kappa shape index (κ1) is 15.3. The zero-order valence-corrected chi connectivity index (χ0v) is 13.1. The van der Waals surface area contributed by atoms with E-state index >= 15 is 0 Å². The summed E-state index contributed by atoms with van der Waals surface area (Å²) in [5, 5.41) is 10.4. The van der Waals surface area contributed by atoms with Crippen molar-refractivity contribution >= 4 is 5.91 Å². The molecular formula is C17H24N2O3. The lowest BCUT2D eigenvalue weighted by Crippen LogP contribution is -2.38. The number of amides is 1. The number of likely N-dealkylation sites (tertiary alicyclic amines) is 2. The Bertz CT molecular complexity index is 528. The number of hydrogen-bond acceptors (Lipinski definition) is 4. The van der Waals surface area contributed by atoms with Crippen LogP contribution < -0.4 is 4.74 Å². The highest BCUT2D eigenvalue weighted by Gasteiger charge is 2.34. The summed E-state index contributed by atoms with van der Waals surface area (Å²) in [6.07, 6.45) is 2.43. The van der Waals surface area contributed by atoms with E-state index in [1.165, 1.54) is 12.8 Å². The average molecular weight is 304 g/mol. The Morgan fingerprint density at radius 2 is 2.09 bits per heavy atom. The number of aliphatic hydroxyl groups excluding tert-OH is 1. The number of methoxy groups -OCH3 is 1. The van der Waals surface area contributed by atoms with Gasteiger partial charge in [0.1, 0.15) is 5.75 Å². The van der Waals surface area contributed by atoms with E-state index in [4.69, 9.17) is 4.74 Å². The van der Waals surface area contributed by atoms with E-state index in [1.807, 2.05) is 0 Å². The van der Waals surface area contributed by atoms with Crippen LogP contribution >= 0.6 is 0 Å². The van der Waals surface area contributed by atoms with Crippen LogP contribution in [0.15, 0.2) is 24.3 Å². The second-order valence-corrected chi connectivity index (χ2v) is 6.15. The van der Waals surface area contributed by atoms with Crippen LogP contribution in [0.3, 0.4) is 0 Å². The predicted octanol–water partition coefficient (Wildman–Crippen LogP) is 1.43. The average Bonchev–Trinajstić information content (AvgIpc) is 3.24. The van der Waals surface area contributed by atoms with Gasteiger partial charge in [0.25, 0.3) is 5.91 Å². The molecule has 1 aromatic carbocycles. The van der Waals surface area contributed by atoms with Crippen LogP contribution in [0.4, 0.5) is 0 Å². The molecule has 0 aliphatic carbocycles. The molecule has 0 bridgehead atoms. The zero-order chi connectivity index (χ0) is 15.5. The highest BCUT2D eigenvalue weighted by atomic mass is 16.5. The lowest BCUT2D eigenvalue weighted by atomic mass is 10.1. The van der Waals surface area contributed by atoms with Gasteiger partial charge in [0, 0.05) is 19.1 Å². The standard InChI is InChI=1S/C17H24N2O3/c1-22-15-6-4-5-13(11-15)16(20)17(21)19-10-7-14(12-19)18-8-2-3-9-18/h4-6,11,14,16,20H,2-3,7-10,12H2,1H3. The summed E-state index contributed by atoms with van der Waals surface area (Å²) < 4.78 is 5.15. The van der Waals surface area contributed by atoms with Crippen LogP contribution in [0.2, 0.25) is 0 Å². The molecule has 0 radical (unpaired) electrons. The largest absolute Gasteiger partial charge is 0.497 e. The Labute approximate surface area is 131 Å². The number of benzene rings is 1. The molecule has 2 atom stereocenters. The molecule has 5 heteroatoms. The third-order valence-corrected chi connectivity index (χ3v) is 4.78. The minimum absolute atomic E-state index is 0.199. The van der Waals surface area contributed by atoms with Gasteiger partial charge in [0.2, 0.25) is 0 Å². The van der Waals surface area contributed by atoms with Crippen molar-refractivity contribution in [1.29, 1.82) is 0 Å². The van der Waals surface area contributed by atoms with Crippen LogP contribution in [-0.2, 0) is 4.79 Å². The number of carbonyl (C=O) groups excluding carboxylic acids is 1. The molecule has 0 spiro atoms. The Balaban J connectivity index is 1.63. The van der Waals surface area contributed by atoms with E-state index in [1.54, 1.807) is 36.3 Å². The van der Waals surface area contributed by atoms with Gasteiger partial charge in [-0.05, 0) is 50.0 Å². The van der Waals surface area contributed by atoms with Crippen LogP contribution in [0.5, 0.6) is 5.75 Å². The molecule has 2 saturated heterocycles. The van der Waals surface area contributed by atoms with Gasteiger partial charge >= 0.3 is 0 Å². The van der Waals surface area contributed by atoms with Crippen LogP contribution in [0, 0.1) is 0 Å². The highest BCUT2D eigenvalue weighted by Crippen LogP contribution is 2.25. The first-order valence-electron chi connectivity index (χ1n) is 8.04. The van der Waals surface area contributed by atoms with Crippen LogP contribution in [-0.4, -0.2) is 60.1 Å². The maximum absolute atomic E-state index is 12.5. The molecule has 2 fully saturated rings. The summed E-state index contributed by atoms with van der Waals surface area (Å²) in [4.78, 5) is 16.8. The smallest absolute Gasteiger partial charge is 0.256 e. The topological polar surface area (TPSA) is 53.0 Å². The predicted molar refractivity (Wildman–Crippen MR) is 83.7 cm³/mol. The van der Waals surface area contributed by atoms with E-state index in [9.17, 15) is 9.90 Å². The molecule has 0 aromatic heterocycles. The molecule has 1 N–H and O–H groups in total. The molecule has 2 unspecified atom stereocenters. The minimum atomic E-state index is -1.10. The molecule has 120 valence electrons. The Kier molecular flexibility index (Phi) is 4.64. The van der Waals surface area contributed by atoms with Crippen LogP contribution in [0.25, 0.3) is 0 Å². The summed E-state index contributed by atoms with van der Waals surface area (Å²) in [5.74, 6) is 0.454. The van der Waals surface area contributed by atoms with Crippen molar-refractivity contribution in [1.82, 2.24) is 9.80 Å². The van der Waals surface area contributed by atoms with Crippen molar-refractivity contribution in [2.75, 3.05) is 33.3 Å². The summed E-state index contributed by atoms with van der Waals surface area (Å²) in [6.45, 7) is 3.76. The lowest BCUT2D eigenvalue weighted by Gasteiger charge is -2.24. The number of rotatable bonds is 4. The molecule has 1 amide bonds. The third-order valence-electron chi connectivity index (χ3n) is 4.78. The molecule has 5 nitrogen and oxygen atoms in total. The SMILES string of the molecule is COc1cccc(C(O)C(=O)N2CCC(N3CCCC3)C2)c1. The highest BCUT2D eigenvalue weighted by molar-refractivity contribution is 5.82. The summed E-state index contributed by atoms with van der Waals surface area (Å²) in [5.41, 5.74) is 0.592.